The first-order chi connectivity index (χ1) is 20.3. The summed E-state index contributed by atoms with van der Waals surface area (Å²) in [7, 11) is 0. The summed E-state index contributed by atoms with van der Waals surface area (Å²) in [6.07, 6.45) is 15.0. The zero-order valence-corrected chi connectivity index (χ0v) is 27.2. The van der Waals surface area contributed by atoms with Gasteiger partial charge >= 0.3 is 0 Å². The van der Waals surface area contributed by atoms with Gasteiger partial charge in [0.25, 0.3) is 0 Å². The molecule has 2 aromatic carbocycles. The van der Waals surface area contributed by atoms with Crippen LogP contribution in [0.3, 0.4) is 0 Å². The largest absolute Gasteiger partial charge is 0.299 e. The molecule has 2 N–H and O–H groups in total. The zero-order chi connectivity index (χ0) is 29.6. The van der Waals surface area contributed by atoms with Crippen molar-refractivity contribution in [1.29, 1.82) is 0 Å². The molecule has 2 unspecified atom stereocenters. The Morgan fingerprint density at radius 1 is 0.605 bits per heavy atom. The topological polar surface area (TPSA) is 98.8 Å². The molecule has 2 amide bonds. The van der Waals surface area contributed by atoms with E-state index in [1.165, 1.54) is 26.0 Å². The summed E-state index contributed by atoms with van der Waals surface area (Å²) in [5.41, 5.74) is 11.1. The van der Waals surface area contributed by atoms with Crippen LogP contribution in [-0.2, 0) is 38.7 Å². The molecule has 9 heteroatoms. The van der Waals surface area contributed by atoms with Crippen molar-refractivity contribution in [3.8, 4) is 0 Å². The van der Waals surface area contributed by atoms with E-state index in [9.17, 15) is 19.2 Å². The summed E-state index contributed by atoms with van der Waals surface area (Å²) >= 11 is 0. The number of rotatable bonds is 2. The second-order valence-corrected chi connectivity index (χ2v) is 10.2. The third-order valence-electron chi connectivity index (χ3n) is 7.40. The first-order valence-corrected chi connectivity index (χ1v) is 13.8. The van der Waals surface area contributed by atoms with Gasteiger partial charge in [-0.25, -0.2) is 10.0 Å². The van der Waals surface area contributed by atoms with Gasteiger partial charge in [0.15, 0.2) is 11.6 Å². The van der Waals surface area contributed by atoms with Gasteiger partial charge in [-0.05, 0) is 35.4 Å². The van der Waals surface area contributed by atoms with E-state index in [1.807, 2.05) is 72.8 Å². The number of nitrogens with zero attached hydrogens (tertiary/aromatic N) is 2. The minimum atomic E-state index is -0.0849. The number of benzene rings is 2. The molecule has 43 heavy (non-hydrogen) atoms. The average Bonchev–Trinajstić information content (AvgIpc) is 3.65. The van der Waals surface area contributed by atoms with Gasteiger partial charge in [0.1, 0.15) is 0 Å². The molecule has 0 aromatic heterocycles. The molecule has 2 atom stereocenters. The maximum atomic E-state index is 12.0. The maximum Gasteiger partial charge on any atom is 0.238 e. The minimum Gasteiger partial charge on any atom is -0.299 e. The fourth-order valence-electron chi connectivity index (χ4n) is 5.36. The molecule has 0 bridgehead atoms. The van der Waals surface area contributed by atoms with E-state index in [0.29, 0.717) is 24.0 Å². The molecular weight excluding hydrogens is 594 g/mol. The Kier molecular flexibility index (Phi) is 10.2. The van der Waals surface area contributed by atoms with E-state index in [0.717, 1.165) is 22.5 Å². The molecule has 2 fully saturated rings. The van der Waals surface area contributed by atoms with Gasteiger partial charge in [0.2, 0.25) is 11.8 Å². The molecule has 2 aromatic rings. The van der Waals surface area contributed by atoms with Gasteiger partial charge in [-0.2, -0.15) is 0 Å². The van der Waals surface area contributed by atoms with E-state index in [1.54, 1.807) is 34.3 Å². The second kappa shape index (κ2) is 14.0. The Labute approximate surface area is 263 Å². The van der Waals surface area contributed by atoms with Crippen molar-refractivity contribution in [2.75, 3.05) is 0 Å². The Morgan fingerprint density at radius 3 is 1.28 bits per heavy atom. The quantitative estimate of drug-likeness (QED) is 0.365. The molecule has 2 saturated heterocycles. The molecule has 6 rings (SSSR count). The summed E-state index contributed by atoms with van der Waals surface area (Å²) in [5, 5.41) is 3.19. The van der Waals surface area contributed by atoms with Crippen LogP contribution in [0.1, 0.15) is 49.9 Å². The number of ketones is 2. The number of hydrogen-bond acceptors (Lipinski definition) is 6. The van der Waals surface area contributed by atoms with Gasteiger partial charge in [-0.15, -0.1) is 0 Å². The van der Waals surface area contributed by atoms with Crippen LogP contribution in [0.2, 0.25) is 0 Å². The molecular formula is C34H32N4O4Zn. The summed E-state index contributed by atoms with van der Waals surface area (Å²) in [5.74, 6) is -0.195. The van der Waals surface area contributed by atoms with Crippen LogP contribution < -0.4 is 10.9 Å². The Balaban J connectivity index is 0.000000192. The van der Waals surface area contributed by atoms with E-state index in [2.05, 4.69) is 10.9 Å². The Bertz CT molecular complexity index is 1470. The number of hydrazine groups is 2. The monoisotopic (exact) mass is 624 g/mol. The molecule has 2 aliphatic heterocycles. The second-order valence-electron chi connectivity index (χ2n) is 10.2. The molecule has 0 spiro atoms. The van der Waals surface area contributed by atoms with E-state index in [-0.39, 0.29) is 54.9 Å². The van der Waals surface area contributed by atoms with Crippen molar-refractivity contribution in [3.05, 3.63) is 143 Å². The number of carbonyl (C=O) groups is 4. The summed E-state index contributed by atoms with van der Waals surface area (Å²) in [6.45, 7) is 3.05. The third kappa shape index (κ3) is 7.07. The first kappa shape index (κ1) is 31.3. The Morgan fingerprint density at radius 2 is 0.953 bits per heavy atom. The first-order valence-electron chi connectivity index (χ1n) is 13.8. The number of allylic oxidation sites excluding steroid dienone is 10. The van der Waals surface area contributed by atoms with Gasteiger partial charge in [-0.3, -0.25) is 30.0 Å². The third-order valence-corrected chi connectivity index (χ3v) is 7.40. The van der Waals surface area contributed by atoms with Gasteiger partial charge in [0, 0.05) is 68.7 Å². The Hall–Kier alpha value is -4.62. The molecule has 2 aliphatic carbocycles. The van der Waals surface area contributed by atoms with Crippen molar-refractivity contribution < 1.29 is 38.7 Å². The summed E-state index contributed by atoms with van der Waals surface area (Å²) in [6, 6.07) is 19.5. The fraction of sp³-hybridized carbons (Fsp3) is 0.176. The van der Waals surface area contributed by atoms with Gasteiger partial charge in [0.05, 0.1) is 12.1 Å². The SMILES string of the molecule is CC(=O)N1N/C(=C2/C=CC=CC2=O)CC1c1ccccc1.CC(=O)N1N/C(=C2/C=CC=CC2=O)CC1c1ccccc1.[Zn]. The predicted octanol–water partition coefficient (Wildman–Crippen LogP) is 4.86. The van der Waals surface area contributed by atoms with Crippen LogP contribution in [0.25, 0.3) is 0 Å². The zero-order valence-electron chi connectivity index (χ0n) is 24.2. The van der Waals surface area contributed by atoms with Crippen molar-refractivity contribution in [2.45, 2.75) is 38.8 Å². The summed E-state index contributed by atoms with van der Waals surface area (Å²) < 4.78 is 0. The maximum absolute atomic E-state index is 12.0. The van der Waals surface area contributed by atoms with Gasteiger partial charge < -0.3 is 0 Å². The van der Waals surface area contributed by atoms with Crippen molar-refractivity contribution >= 4 is 23.4 Å². The fourth-order valence-corrected chi connectivity index (χ4v) is 5.36. The van der Waals surface area contributed by atoms with Crippen molar-refractivity contribution in [1.82, 2.24) is 20.9 Å². The molecule has 2 heterocycles. The van der Waals surface area contributed by atoms with Crippen LogP contribution in [-0.4, -0.2) is 33.4 Å². The summed E-state index contributed by atoms with van der Waals surface area (Å²) in [4.78, 5) is 47.7. The number of hydrogen-bond donors (Lipinski definition) is 2. The van der Waals surface area contributed by atoms with Crippen LogP contribution in [0.4, 0.5) is 0 Å². The normalized spacial score (nSPS) is 23.8. The number of nitrogens with one attached hydrogen (secondary N) is 2. The molecule has 4 aliphatic rings. The molecule has 0 radical (unpaired) electrons. The smallest absolute Gasteiger partial charge is 0.238 e. The molecule has 0 saturated carbocycles. The van der Waals surface area contributed by atoms with Crippen LogP contribution in [0.15, 0.2) is 132 Å². The minimum absolute atomic E-state index is 0. The number of carbonyl (C=O) groups excluding carboxylic acids is 4. The molecule has 8 nitrogen and oxygen atoms in total. The van der Waals surface area contributed by atoms with E-state index < -0.39 is 0 Å². The standard InChI is InChI=1S/2C17H16N2O2.Zn/c2*1-12(20)19-16(13-7-3-2-4-8-13)11-15(18-19)14-9-5-6-10-17(14)21;/h2*2-10,16,18H,11H2,1H3;/b2*15-14-;. The van der Waals surface area contributed by atoms with E-state index in [4.69, 9.17) is 0 Å². The number of amides is 2. The van der Waals surface area contributed by atoms with E-state index >= 15 is 0 Å². The predicted molar refractivity (Wildman–Crippen MR) is 160 cm³/mol. The van der Waals surface area contributed by atoms with Gasteiger partial charge in [-0.1, -0.05) is 85.0 Å². The molecule has 214 valence electrons. The van der Waals surface area contributed by atoms with Crippen LogP contribution in [0.5, 0.6) is 0 Å². The van der Waals surface area contributed by atoms with Crippen LogP contribution in [0, 0.1) is 0 Å². The van der Waals surface area contributed by atoms with Crippen molar-refractivity contribution in [3.63, 3.8) is 0 Å². The van der Waals surface area contributed by atoms with Crippen LogP contribution >= 0.6 is 0 Å². The average molecular weight is 626 g/mol. The van der Waals surface area contributed by atoms with Crippen molar-refractivity contribution in [2.24, 2.45) is 0 Å².